The van der Waals surface area contributed by atoms with Crippen molar-refractivity contribution >= 4 is 27.3 Å². The largest absolute Gasteiger partial charge is 0.326 e. The van der Waals surface area contributed by atoms with Gasteiger partial charge in [-0.25, -0.2) is 0 Å². The number of nitrogens with two attached hydrogens (primary N) is 1. The van der Waals surface area contributed by atoms with Crippen LogP contribution >= 0.6 is 27.3 Å². The molecule has 0 saturated heterocycles. The fraction of sp³-hybridized carbons (Fsp3) is 0.692. The van der Waals surface area contributed by atoms with Crippen LogP contribution in [-0.2, 0) is 0 Å². The minimum atomic E-state index is 0.198. The molecule has 17 heavy (non-hydrogen) atoms. The van der Waals surface area contributed by atoms with Crippen molar-refractivity contribution in [3.63, 3.8) is 0 Å². The monoisotopic (exact) mass is 318 g/mol. The SMILES string of the molecule is CCC(N)C(c1ccc(Br)s1)N(C)CC(C)C. The van der Waals surface area contributed by atoms with E-state index in [9.17, 15) is 0 Å². The van der Waals surface area contributed by atoms with Crippen molar-refractivity contribution in [2.75, 3.05) is 13.6 Å². The Morgan fingerprint density at radius 1 is 1.41 bits per heavy atom. The van der Waals surface area contributed by atoms with E-state index >= 15 is 0 Å². The number of likely N-dealkylation sites (N-methyl/N-ethyl adjacent to an activating group) is 1. The molecular formula is C13H23BrN2S. The number of nitrogens with zero attached hydrogens (tertiary/aromatic N) is 1. The van der Waals surface area contributed by atoms with E-state index in [4.69, 9.17) is 5.73 Å². The zero-order chi connectivity index (χ0) is 13.0. The summed E-state index contributed by atoms with van der Waals surface area (Å²) in [6.07, 6.45) is 1.00. The van der Waals surface area contributed by atoms with Gasteiger partial charge in [-0.1, -0.05) is 20.8 Å². The van der Waals surface area contributed by atoms with Crippen LogP contribution in [0.5, 0.6) is 0 Å². The Hall–Kier alpha value is 0.1000. The van der Waals surface area contributed by atoms with E-state index in [1.807, 2.05) is 0 Å². The Bertz CT molecular complexity index is 338. The molecule has 0 spiro atoms. The molecule has 4 heteroatoms. The van der Waals surface area contributed by atoms with Gasteiger partial charge in [-0.15, -0.1) is 11.3 Å². The molecule has 1 heterocycles. The molecule has 1 aromatic rings. The van der Waals surface area contributed by atoms with Gasteiger partial charge in [0.25, 0.3) is 0 Å². The van der Waals surface area contributed by atoms with Gasteiger partial charge >= 0.3 is 0 Å². The molecule has 0 aromatic carbocycles. The number of rotatable bonds is 6. The van der Waals surface area contributed by atoms with Crippen molar-refractivity contribution in [1.29, 1.82) is 0 Å². The predicted octanol–water partition coefficient (Wildman–Crippen LogP) is 3.88. The normalized spacial score (nSPS) is 15.5. The van der Waals surface area contributed by atoms with Crippen LogP contribution in [0.3, 0.4) is 0 Å². The molecule has 0 fully saturated rings. The zero-order valence-corrected chi connectivity index (χ0v) is 13.5. The summed E-state index contributed by atoms with van der Waals surface area (Å²) >= 11 is 5.32. The molecule has 0 bridgehead atoms. The Morgan fingerprint density at radius 2 is 2.06 bits per heavy atom. The summed E-state index contributed by atoms with van der Waals surface area (Å²) in [5, 5.41) is 0. The second-order valence-electron chi connectivity index (χ2n) is 4.99. The van der Waals surface area contributed by atoms with Crippen molar-refractivity contribution < 1.29 is 0 Å². The molecule has 0 aliphatic heterocycles. The van der Waals surface area contributed by atoms with E-state index in [1.54, 1.807) is 11.3 Å². The van der Waals surface area contributed by atoms with Crippen LogP contribution in [0.4, 0.5) is 0 Å². The molecule has 0 saturated carbocycles. The first-order valence-corrected chi connectivity index (χ1v) is 7.77. The lowest BCUT2D eigenvalue weighted by Crippen LogP contribution is -2.39. The molecule has 1 aromatic heterocycles. The zero-order valence-electron chi connectivity index (χ0n) is 11.1. The maximum Gasteiger partial charge on any atom is 0.0702 e. The first-order chi connectivity index (χ1) is 7.95. The lowest BCUT2D eigenvalue weighted by atomic mass is 10.0. The number of hydrogen-bond acceptors (Lipinski definition) is 3. The maximum absolute atomic E-state index is 6.28. The fourth-order valence-electron chi connectivity index (χ4n) is 2.16. The number of thiophene rings is 1. The van der Waals surface area contributed by atoms with E-state index in [-0.39, 0.29) is 6.04 Å². The van der Waals surface area contributed by atoms with Gasteiger partial charge in [-0.2, -0.15) is 0 Å². The van der Waals surface area contributed by atoms with Gasteiger partial charge in [0.1, 0.15) is 0 Å². The summed E-state index contributed by atoms with van der Waals surface area (Å²) in [5.41, 5.74) is 6.28. The average Bonchev–Trinajstić information content (AvgIpc) is 2.63. The van der Waals surface area contributed by atoms with Crippen molar-refractivity contribution in [1.82, 2.24) is 4.90 Å². The molecule has 98 valence electrons. The van der Waals surface area contributed by atoms with E-state index in [1.165, 1.54) is 8.66 Å². The Balaban J connectivity index is 2.87. The molecular weight excluding hydrogens is 296 g/mol. The van der Waals surface area contributed by atoms with E-state index < -0.39 is 0 Å². The highest BCUT2D eigenvalue weighted by atomic mass is 79.9. The van der Waals surface area contributed by atoms with Crippen molar-refractivity contribution in [2.45, 2.75) is 39.3 Å². The summed E-state index contributed by atoms with van der Waals surface area (Å²) < 4.78 is 1.18. The van der Waals surface area contributed by atoms with Crippen LogP contribution in [0, 0.1) is 5.92 Å². The van der Waals surface area contributed by atoms with Gasteiger partial charge in [-0.3, -0.25) is 4.90 Å². The number of halogens is 1. The summed E-state index contributed by atoms with van der Waals surface area (Å²) in [5.74, 6) is 0.662. The van der Waals surface area contributed by atoms with Crippen LogP contribution in [0.25, 0.3) is 0 Å². The summed E-state index contributed by atoms with van der Waals surface area (Å²) in [4.78, 5) is 3.74. The Labute approximate surface area is 117 Å². The van der Waals surface area contributed by atoms with Crippen molar-refractivity contribution in [3.8, 4) is 0 Å². The van der Waals surface area contributed by atoms with Crippen LogP contribution in [-0.4, -0.2) is 24.5 Å². The first-order valence-electron chi connectivity index (χ1n) is 6.16. The van der Waals surface area contributed by atoms with Gasteiger partial charge in [0, 0.05) is 17.5 Å². The summed E-state index contributed by atoms with van der Waals surface area (Å²) in [7, 11) is 2.17. The fourth-order valence-corrected chi connectivity index (χ4v) is 3.82. The molecule has 0 aliphatic rings. The Morgan fingerprint density at radius 3 is 2.47 bits per heavy atom. The van der Waals surface area contributed by atoms with Gasteiger partial charge in [0.2, 0.25) is 0 Å². The van der Waals surface area contributed by atoms with Gasteiger partial charge in [0.15, 0.2) is 0 Å². The van der Waals surface area contributed by atoms with Gasteiger partial charge in [-0.05, 0) is 47.4 Å². The third-order valence-corrected chi connectivity index (χ3v) is 4.58. The van der Waals surface area contributed by atoms with Gasteiger partial charge in [0.05, 0.1) is 9.83 Å². The molecule has 2 N–H and O–H groups in total. The highest BCUT2D eigenvalue weighted by Gasteiger charge is 2.24. The Kier molecular flexibility index (Phi) is 6.13. The first kappa shape index (κ1) is 15.2. The predicted molar refractivity (Wildman–Crippen MR) is 80.5 cm³/mol. The molecule has 1 rings (SSSR count). The van der Waals surface area contributed by atoms with Crippen molar-refractivity contribution in [3.05, 3.63) is 20.8 Å². The topological polar surface area (TPSA) is 29.3 Å². The molecule has 2 nitrogen and oxygen atoms in total. The average molecular weight is 319 g/mol. The van der Waals surface area contributed by atoms with Crippen LogP contribution < -0.4 is 5.73 Å². The van der Waals surface area contributed by atoms with Crippen LogP contribution in [0.15, 0.2) is 15.9 Å². The third-order valence-electron chi connectivity index (χ3n) is 2.89. The van der Waals surface area contributed by atoms with E-state index in [0.29, 0.717) is 12.0 Å². The molecule has 0 radical (unpaired) electrons. The maximum atomic E-state index is 6.28. The van der Waals surface area contributed by atoms with Crippen LogP contribution in [0.1, 0.15) is 38.1 Å². The summed E-state index contributed by atoms with van der Waals surface area (Å²) in [6, 6.07) is 4.83. The third kappa shape index (κ3) is 4.36. The van der Waals surface area contributed by atoms with E-state index in [2.05, 4.69) is 60.8 Å². The number of hydrogen-bond donors (Lipinski definition) is 1. The van der Waals surface area contributed by atoms with Crippen LogP contribution in [0.2, 0.25) is 0 Å². The lowest BCUT2D eigenvalue weighted by molar-refractivity contribution is 0.192. The second kappa shape index (κ2) is 6.88. The quantitative estimate of drug-likeness (QED) is 0.862. The highest BCUT2D eigenvalue weighted by molar-refractivity contribution is 9.11. The van der Waals surface area contributed by atoms with Gasteiger partial charge < -0.3 is 5.73 Å². The molecule has 0 aliphatic carbocycles. The standard InChI is InChI=1S/C13H23BrN2S/c1-5-10(15)13(16(4)8-9(2)3)11-6-7-12(14)17-11/h6-7,9-10,13H,5,8,15H2,1-4H3. The van der Waals surface area contributed by atoms with Crippen molar-refractivity contribution in [2.24, 2.45) is 11.7 Å². The minimum absolute atomic E-state index is 0.198. The minimum Gasteiger partial charge on any atom is -0.326 e. The van der Waals surface area contributed by atoms with E-state index in [0.717, 1.165) is 13.0 Å². The molecule has 0 amide bonds. The highest BCUT2D eigenvalue weighted by Crippen LogP contribution is 2.32. The second-order valence-corrected chi connectivity index (χ2v) is 7.49. The molecule has 2 unspecified atom stereocenters. The lowest BCUT2D eigenvalue weighted by Gasteiger charge is -2.32. The smallest absolute Gasteiger partial charge is 0.0702 e. The molecule has 2 atom stereocenters. The summed E-state index contributed by atoms with van der Waals surface area (Å²) in [6.45, 7) is 7.72.